The normalized spacial score (nSPS) is 13.5. The molecule has 1 aliphatic heterocycles. The molecule has 5 heteroatoms. The van der Waals surface area contributed by atoms with E-state index < -0.39 is 0 Å². The predicted octanol–water partition coefficient (Wildman–Crippen LogP) is 3.72. The number of aromatic nitrogens is 1. The molecule has 2 aromatic carbocycles. The summed E-state index contributed by atoms with van der Waals surface area (Å²) < 4.78 is 4.83. The first kappa shape index (κ1) is 17.3. The van der Waals surface area contributed by atoms with E-state index in [1.807, 2.05) is 41.3 Å². The van der Waals surface area contributed by atoms with Crippen LogP contribution in [0.2, 0.25) is 0 Å². The average Bonchev–Trinajstić information content (AvgIpc) is 3.09. The van der Waals surface area contributed by atoms with E-state index in [2.05, 4.69) is 11.9 Å². The van der Waals surface area contributed by atoms with Gasteiger partial charge in [-0.3, -0.25) is 4.79 Å². The van der Waals surface area contributed by atoms with Gasteiger partial charge in [0.2, 0.25) is 0 Å². The molecule has 0 saturated carbocycles. The fourth-order valence-corrected chi connectivity index (χ4v) is 3.70. The first-order valence-electron chi connectivity index (χ1n) is 9.20. The third-order valence-electron chi connectivity index (χ3n) is 5.29. The molecule has 0 spiro atoms. The van der Waals surface area contributed by atoms with E-state index in [0.717, 1.165) is 35.0 Å². The lowest BCUT2D eigenvalue weighted by Gasteiger charge is -2.27. The maximum absolute atomic E-state index is 12.9. The van der Waals surface area contributed by atoms with Gasteiger partial charge in [0.25, 0.3) is 5.91 Å². The number of hydrogen-bond acceptors (Lipinski definition) is 3. The minimum atomic E-state index is -0.355. The summed E-state index contributed by atoms with van der Waals surface area (Å²) in [5.74, 6) is -0.312. The molecule has 0 unspecified atom stereocenters. The van der Waals surface area contributed by atoms with Gasteiger partial charge in [-0.05, 0) is 42.3 Å². The molecule has 0 saturated heterocycles. The topological polar surface area (TPSA) is 62.4 Å². The van der Waals surface area contributed by atoms with Gasteiger partial charge in [-0.1, -0.05) is 19.1 Å². The number of amides is 1. The third kappa shape index (κ3) is 3.10. The van der Waals surface area contributed by atoms with E-state index >= 15 is 0 Å². The van der Waals surface area contributed by atoms with Crippen LogP contribution in [0.5, 0.6) is 0 Å². The number of aromatic amines is 1. The molecular weight excluding hydrogens is 340 g/mol. The summed E-state index contributed by atoms with van der Waals surface area (Å²) in [6.45, 7) is 3.31. The van der Waals surface area contributed by atoms with Crippen LogP contribution in [0.1, 0.15) is 44.5 Å². The minimum Gasteiger partial charge on any atom is -0.465 e. The molecule has 0 bridgehead atoms. The molecular formula is C22H22N2O3. The van der Waals surface area contributed by atoms with Crippen LogP contribution in [-0.4, -0.2) is 35.4 Å². The van der Waals surface area contributed by atoms with E-state index in [0.29, 0.717) is 24.2 Å². The van der Waals surface area contributed by atoms with Crippen molar-refractivity contribution in [3.8, 4) is 0 Å². The van der Waals surface area contributed by atoms with Crippen molar-refractivity contribution in [2.24, 2.45) is 0 Å². The molecule has 3 aromatic rings. The summed E-state index contributed by atoms with van der Waals surface area (Å²) in [7, 11) is 1.38. The van der Waals surface area contributed by atoms with Crippen LogP contribution in [0.15, 0.2) is 42.5 Å². The van der Waals surface area contributed by atoms with E-state index in [9.17, 15) is 9.59 Å². The molecule has 27 heavy (non-hydrogen) atoms. The first-order valence-corrected chi connectivity index (χ1v) is 9.20. The number of benzene rings is 2. The Morgan fingerprint density at radius 2 is 1.85 bits per heavy atom. The Morgan fingerprint density at radius 3 is 2.56 bits per heavy atom. The van der Waals surface area contributed by atoms with Crippen molar-refractivity contribution >= 4 is 22.8 Å². The second-order valence-corrected chi connectivity index (χ2v) is 6.86. The van der Waals surface area contributed by atoms with Gasteiger partial charge >= 0.3 is 5.97 Å². The minimum absolute atomic E-state index is 0.0433. The van der Waals surface area contributed by atoms with E-state index in [1.165, 1.54) is 12.7 Å². The fourth-order valence-electron chi connectivity index (χ4n) is 3.70. The molecule has 1 aromatic heterocycles. The Balaban J connectivity index is 1.64. The van der Waals surface area contributed by atoms with Crippen LogP contribution >= 0.6 is 0 Å². The number of methoxy groups -OCH3 is 1. The van der Waals surface area contributed by atoms with Crippen LogP contribution in [-0.2, 0) is 24.1 Å². The molecule has 4 rings (SSSR count). The number of aryl methyl sites for hydroxylation is 1. The monoisotopic (exact) mass is 362 g/mol. The number of esters is 1. The Kier molecular flexibility index (Phi) is 4.44. The van der Waals surface area contributed by atoms with Crippen molar-refractivity contribution in [3.05, 3.63) is 70.4 Å². The fraction of sp³-hybridized carbons (Fsp3) is 0.273. The number of fused-ring (bicyclic) bond motifs is 3. The van der Waals surface area contributed by atoms with Crippen molar-refractivity contribution in [1.82, 2.24) is 9.88 Å². The maximum atomic E-state index is 12.9. The number of nitrogens with zero attached hydrogens (tertiary/aromatic N) is 1. The molecule has 2 heterocycles. The number of H-pyrrole nitrogens is 1. The van der Waals surface area contributed by atoms with Crippen LogP contribution in [0.25, 0.3) is 10.9 Å². The van der Waals surface area contributed by atoms with Gasteiger partial charge in [-0.2, -0.15) is 0 Å². The molecule has 138 valence electrons. The highest BCUT2D eigenvalue weighted by Crippen LogP contribution is 2.29. The highest BCUT2D eigenvalue weighted by molar-refractivity contribution is 5.97. The number of carbonyl (C=O) groups is 2. The molecule has 1 N–H and O–H groups in total. The Morgan fingerprint density at radius 1 is 1.11 bits per heavy atom. The molecule has 0 atom stereocenters. The van der Waals surface area contributed by atoms with Gasteiger partial charge < -0.3 is 14.6 Å². The van der Waals surface area contributed by atoms with E-state index in [4.69, 9.17) is 4.74 Å². The molecule has 5 nitrogen and oxygen atoms in total. The zero-order valence-electron chi connectivity index (χ0n) is 15.5. The first-order chi connectivity index (χ1) is 13.1. The Labute approximate surface area is 157 Å². The predicted molar refractivity (Wildman–Crippen MR) is 104 cm³/mol. The quantitative estimate of drug-likeness (QED) is 0.723. The number of nitrogens with one attached hydrogen (secondary N) is 1. The summed E-state index contributed by atoms with van der Waals surface area (Å²) in [6, 6.07) is 13.3. The SMILES string of the molecule is CCc1ccc(C(=O)N2CCc3[nH]c4ccc(C(=O)OC)cc4c3C2)cc1. The van der Waals surface area contributed by atoms with Crippen LogP contribution in [0.3, 0.4) is 0 Å². The van der Waals surface area contributed by atoms with Crippen molar-refractivity contribution in [3.63, 3.8) is 0 Å². The molecule has 0 radical (unpaired) electrons. The Hall–Kier alpha value is -3.08. The van der Waals surface area contributed by atoms with Gasteiger partial charge in [0.05, 0.1) is 12.7 Å². The van der Waals surface area contributed by atoms with Gasteiger partial charge in [-0.25, -0.2) is 4.79 Å². The van der Waals surface area contributed by atoms with E-state index in [-0.39, 0.29) is 11.9 Å². The van der Waals surface area contributed by atoms with Gasteiger partial charge in [-0.15, -0.1) is 0 Å². The lowest BCUT2D eigenvalue weighted by Crippen LogP contribution is -2.35. The van der Waals surface area contributed by atoms with Gasteiger partial charge in [0.1, 0.15) is 0 Å². The van der Waals surface area contributed by atoms with E-state index in [1.54, 1.807) is 6.07 Å². The second-order valence-electron chi connectivity index (χ2n) is 6.86. The zero-order chi connectivity index (χ0) is 19.0. The lowest BCUT2D eigenvalue weighted by molar-refractivity contribution is 0.0600. The number of carbonyl (C=O) groups excluding carboxylic acids is 2. The van der Waals surface area contributed by atoms with Crippen LogP contribution in [0, 0.1) is 0 Å². The Bertz CT molecular complexity index is 1020. The molecule has 0 fully saturated rings. The summed E-state index contributed by atoms with van der Waals surface area (Å²) in [5.41, 5.74) is 5.66. The summed E-state index contributed by atoms with van der Waals surface area (Å²) in [5, 5.41) is 0.978. The summed E-state index contributed by atoms with van der Waals surface area (Å²) >= 11 is 0. The van der Waals surface area contributed by atoms with Crippen molar-refractivity contribution in [2.45, 2.75) is 26.3 Å². The molecule has 0 aliphatic carbocycles. The van der Waals surface area contributed by atoms with Crippen LogP contribution in [0.4, 0.5) is 0 Å². The van der Waals surface area contributed by atoms with Crippen LogP contribution < -0.4 is 0 Å². The summed E-state index contributed by atoms with van der Waals surface area (Å²) in [4.78, 5) is 30.1. The molecule has 1 aliphatic rings. The number of hydrogen-bond donors (Lipinski definition) is 1. The number of rotatable bonds is 3. The highest BCUT2D eigenvalue weighted by Gasteiger charge is 2.25. The van der Waals surface area contributed by atoms with Crippen molar-refractivity contribution < 1.29 is 14.3 Å². The van der Waals surface area contributed by atoms with Gasteiger partial charge in [0, 0.05) is 47.2 Å². The standard InChI is InChI=1S/C22H22N2O3/c1-3-14-4-6-15(7-5-14)21(25)24-11-10-20-18(13-24)17-12-16(22(26)27-2)8-9-19(17)23-20/h4-9,12,23H,3,10-11,13H2,1-2H3. The maximum Gasteiger partial charge on any atom is 0.337 e. The largest absolute Gasteiger partial charge is 0.465 e. The third-order valence-corrected chi connectivity index (χ3v) is 5.29. The average molecular weight is 362 g/mol. The van der Waals surface area contributed by atoms with Gasteiger partial charge in [0.15, 0.2) is 0 Å². The smallest absolute Gasteiger partial charge is 0.337 e. The highest BCUT2D eigenvalue weighted by atomic mass is 16.5. The zero-order valence-corrected chi connectivity index (χ0v) is 15.5. The summed E-state index contributed by atoms with van der Waals surface area (Å²) in [6.07, 6.45) is 1.73. The molecule has 1 amide bonds. The lowest BCUT2D eigenvalue weighted by atomic mass is 10.0. The second kappa shape index (κ2) is 6.91. The number of ether oxygens (including phenoxy) is 1. The van der Waals surface area contributed by atoms with Crippen molar-refractivity contribution in [2.75, 3.05) is 13.7 Å². The van der Waals surface area contributed by atoms with Crippen molar-refractivity contribution in [1.29, 1.82) is 0 Å².